The minimum absolute atomic E-state index is 0.0344. The molecule has 1 amide bonds. The molecule has 1 fully saturated rings. The first-order valence-electron chi connectivity index (χ1n) is 6.79. The van der Waals surface area contributed by atoms with Gasteiger partial charge in [0.25, 0.3) is 0 Å². The lowest BCUT2D eigenvalue weighted by molar-refractivity contribution is -0.130. The number of hydrogen-bond donors (Lipinski definition) is 1. The van der Waals surface area contributed by atoms with E-state index < -0.39 is 0 Å². The van der Waals surface area contributed by atoms with Gasteiger partial charge in [-0.15, -0.1) is 0 Å². The van der Waals surface area contributed by atoms with E-state index in [-0.39, 0.29) is 17.4 Å². The van der Waals surface area contributed by atoms with Crippen LogP contribution in [0.5, 0.6) is 0 Å². The first-order chi connectivity index (χ1) is 7.77. The SMILES string of the molecule is CCC(C)C1NCN(CC(C)C(C)(C)C)C1=O. The van der Waals surface area contributed by atoms with Gasteiger partial charge >= 0.3 is 0 Å². The Kier molecular flexibility index (Phi) is 4.59. The van der Waals surface area contributed by atoms with Crippen molar-refractivity contribution in [1.82, 2.24) is 10.2 Å². The van der Waals surface area contributed by atoms with Gasteiger partial charge in [-0.1, -0.05) is 48.0 Å². The molecule has 3 atom stereocenters. The highest BCUT2D eigenvalue weighted by Crippen LogP contribution is 2.27. The van der Waals surface area contributed by atoms with Crippen LogP contribution >= 0.6 is 0 Å². The van der Waals surface area contributed by atoms with Crippen LogP contribution in [0.1, 0.15) is 48.0 Å². The van der Waals surface area contributed by atoms with Gasteiger partial charge in [-0.3, -0.25) is 10.1 Å². The molecule has 1 rings (SSSR count). The van der Waals surface area contributed by atoms with E-state index in [9.17, 15) is 4.79 Å². The Morgan fingerprint density at radius 3 is 2.47 bits per heavy atom. The van der Waals surface area contributed by atoms with E-state index in [0.717, 1.165) is 13.0 Å². The van der Waals surface area contributed by atoms with Crippen molar-refractivity contribution < 1.29 is 4.79 Å². The van der Waals surface area contributed by atoms with Crippen LogP contribution in [0.2, 0.25) is 0 Å². The molecular formula is C14H28N2O. The van der Waals surface area contributed by atoms with Crippen LogP contribution in [-0.4, -0.2) is 30.1 Å². The Balaban J connectivity index is 2.56. The van der Waals surface area contributed by atoms with E-state index in [1.807, 2.05) is 4.90 Å². The van der Waals surface area contributed by atoms with E-state index in [1.54, 1.807) is 0 Å². The normalized spacial score (nSPS) is 25.2. The minimum Gasteiger partial charge on any atom is -0.328 e. The molecule has 3 heteroatoms. The van der Waals surface area contributed by atoms with Gasteiger partial charge in [0.05, 0.1) is 12.7 Å². The third-order valence-corrected chi connectivity index (χ3v) is 4.27. The first-order valence-corrected chi connectivity index (χ1v) is 6.79. The fourth-order valence-electron chi connectivity index (χ4n) is 2.01. The molecule has 100 valence electrons. The average Bonchev–Trinajstić information content (AvgIpc) is 2.58. The highest BCUT2D eigenvalue weighted by Gasteiger charge is 2.35. The van der Waals surface area contributed by atoms with Gasteiger partial charge in [0.1, 0.15) is 0 Å². The van der Waals surface area contributed by atoms with E-state index in [1.165, 1.54) is 0 Å². The maximum atomic E-state index is 12.2. The van der Waals surface area contributed by atoms with Crippen molar-refractivity contribution in [2.75, 3.05) is 13.2 Å². The zero-order chi connectivity index (χ0) is 13.2. The summed E-state index contributed by atoms with van der Waals surface area (Å²) in [5.41, 5.74) is 0.259. The molecule has 1 N–H and O–H groups in total. The smallest absolute Gasteiger partial charge is 0.241 e. The van der Waals surface area contributed by atoms with Gasteiger partial charge in [-0.2, -0.15) is 0 Å². The van der Waals surface area contributed by atoms with Crippen LogP contribution in [0.3, 0.4) is 0 Å². The summed E-state index contributed by atoms with van der Waals surface area (Å²) < 4.78 is 0. The summed E-state index contributed by atoms with van der Waals surface area (Å²) in [7, 11) is 0. The highest BCUT2D eigenvalue weighted by molar-refractivity contribution is 5.84. The van der Waals surface area contributed by atoms with Crippen molar-refractivity contribution >= 4 is 5.91 Å². The number of rotatable bonds is 4. The number of nitrogens with one attached hydrogen (secondary N) is 1. The zero-order valence-electron chi connectivity index (χ0n) is 12.2. The molecule has 0 saturated carbocycles. The number of nitrogens with zero attached hydrogens (tertiary/aromatic N) is 1. The Morgan fingerprint density at radius 1 is 1.41 bits per heavy atom. The van der Waals surface area contributed by atoms with Gasteiger partial charge in [0, 0.05) is 6.54 Å². The van der Waals surface area contributed by atoms with Gasteiger partial charge in [-0.25, -0.2) is 0 Å². The van der Waals surface area contributed by atoms with E-state index >= 15 is 0 Å². The molecule has 1 aliphatic heterocycles. The van der Waals surface area contributed by atoms with E-state index in [0.29, 0.717) is 18.5 Å². The minimum atomic E-state index is 0.0344. The summed E-state index contributed by atoms with van der Waals surface area (Å²) in [4.78, 5) is 14.2. The molecule has 1 heterocycles. The maximum Gasteiger partial charge on any atom is 0.241 e. The van der Waals surface area contributed by atoms with Gasteiger partial charge in [0.15, 0.2) is 0 Å². The van der Waals surface area contributed by atoms with E-state index in [2.05, 4.69) is 46.9 Å². The van der Waals surface area contributed by atoms with Crippen LogP contribution in [0.25, 0.3) is 0 Å². The Hall–Kier alpha value is -0.570. The molecule has 0 aromatic heterocycles. The van der Waals surface area contributed by atoms with Crippen LogP contribution in [0, 0.1) is 17.3 Å². The first kappa shape index (κ1) is 14.5. The van der Waals surface area contributed by atoms with Crippen molar-refractivity contribution in [3.05, 3.63) is 0 Å². The summed E-state index contributed by atoms with van der Waals surface area (Å²) in [6.07, 6.45) is 1.05. The van der Waals surface area contributed by atoms with Crippen molar-refractivity contribution in [2.24, 2.45) is 17.3 Å². The predicted molar refractivity (Wildman–Crippen MR) is 71.6 cm³/mol. The topological polar surface area (TPSA) is 32.3 Å². The fraction of sp³-hybridized carbons (Fsp3) is 0.929. The molecule has 0 aliphatic carbocycles. The Labute approximate surface area is 106 Å². The molecule has 0 bridgehead atoms. The average molecular weight is 240 g/mol. The summed E-state index contributed by atoms with van der Waals surface area (Å²) >= 11 is 0. The molecule has 3 unspecified atom stereocenters. The van der Waals surface area contributed by atoms with Crippen LogP contribution in [0.15, 0.2) is 0 Å². The number of amides is 1. The third-order valence-electron chi connectivity index (χ3n) is 4.27. The van der Waals surface area contributed by atoms with Crippen molar-refractivity contribution in [2.45, 2.75) is 54.0 Å². The lowest BCUT2D eigenvalue weighted by Gasteiger charge is -2.31. The number of hydrogen-bond acceptors (Lipinski definition) is 2. The molecule has 1 saturated heterocycles. The molecule has 0 aromatic rings. The fourth-order valence-corrected chi connectivity index (χ4v) is 2.01. The standard InChI is InChI=1S/C14H28N2O/c1-7-10(2)12-13(17)16(9-15-12)8-11(3)14(4,5)6/h10-12,15H,7-9H2,1-6H3. The quantitative estimate of drug-likeness (QED) is 0.818. The lowest BCUT2D eigenvalue weighted by atomic mass is 9.82. The second-order valence-corrected chi connectivity index (χ2v) is 6.55. The number of carbonyl (C=O) groups is 1. The summed E-state index contributed by atoms with van der Waals surface area (Å²) in [6.45, 7) is 14.8. The third kappa shape index (κ3) is 3.44. The molecule has 0 radical (unpaired) electrons. The maximum absolute atomic E-state index is 12.2. The molecule has 0 spiro atoms. The summed E-state index contributed by atoms with van der Waals surface area (Å²) in [6, 6.07) is 0.0344. The second-order valence-electron chi connectivity index (χ2n) is 6.55. The Bertz CT molecular complexity index is 270. The zero-order valence-corrected chi connectivity index (χ0v) is 12.2. The van der Waals surface area contributed by atoms with Gasteiger partial charge < -0.3 is 4.90 Å². The Morgan fingerprint density at radius 2 is 2.00 bits per heavy atom. The van der Waals surface area contributed by atoms with Gasteiger partial charge in [0.2, 0.25) is 5.91 Å². The van der Waals surface area contributed by atoms with Gasteiger partial charge in [-0.05, 0) is 17.3 Å². The molecule has 17 heavy (non-hydrogen) atoms. The van der Waals surface area contributed by atoms with Crippen molar-refractivity contribution in [3.63, 3.8) is 0 Å². The summed E-state index contributed by atoms with van der Waals surface area (Å²) in [5.74, 6) is 1.23. The predicted octanol–water partition coefficient (Wildman–Crippen LogP) is 2.47. The summed E-state index contributed by atoms with van der Waals surface area (Å²) in [5, 5.41) is 3.34. The molecule has 1 aliphatic rings. The van der Waals surface area contributed by atoms with Crippen LogP contribution in [0.4, 0.5) is 0 Å². The molecule has 3 nitrogen and oxygen atoms in total. The largest absolute Gasteiger partial charge is 0.328 e. The van der Waals surface area contributed by atoms with Crippen LogP contribution in [-0.2, 0) is 4.79 Å². The van der Waals surface area contributed by atoms with E-state index in [4.69, 9.17) is 0 Å². The second kappa shape index (κ2) is 5.38. The van der Waals surface area contributed by atoms with Crippen molar-refractivity contribution in [3.8, 4) is 0 Å². The monoisotopic (exact) mass is 240 g/mol. The number of carbonyl (C=O) groups excluding carboxylic acids is 1. The lowest BCUT2D eigenvalue weighted by Crippen LogP contribution is -2.38. The van der Waals surface area contributed by atoms with Crippen LogP contribution < -0.4 is 5.32 Å². The van der Waals surface area contributed by atoms with Crippen molar-refractivity contribution in [1.29, 1.82) is 0 Å². The highest BCUT2D eigenvalue weighted by atomic mass is 16.2. The molecular weight excluding hydrogens is 212 g/mol. The molecule has 0 aromatic carbocycles.